The van der Waals surface area contributed by atoms with Crippen molar-refractivity contribution >= 4 is 0 Å². The number of methoxy groups -OCH3 is 3. The van der Waals surface area contributed by atoms with Crippen molar-refractivity contribution in [2.24, 2.45) is 0 Å². The molecule has 1 fully saturated rings. The van der Waals surface area contributed by atoms with E-state index in [-0.39, 0.29) is 6.61 Å². The number of aromatic amines is 1. The molecular formula is C34H38N2O8. The Balaban J connectivity index is 1.55. The van der Waals surface area contributed by atoms with E-state index in [0.29, 0.717) is 25.2 Å². The summed E-state index contributed by atoms with van der Waals surface area (Å²) in [6, 6.07) is 25.6. The molecule has 2 heterocycles. The third kappa shape index (κ3) is 6.48. The molecule has 5 rings (SSSR count). The molecule has 0 aliphatic carbocycles. The van der Waals surface area contributed by atoms with Gasteiger partial charge in [-0.2, -0.15) is 0 Å². The molecule has 1 N–H and O–H groups in total. The summed E-state index contributed by atoms with van der Waals surface area (Å²) in [5.74, 6) is 1.45. The summed E-state index contributed by atoms with van der Waals surface area (Å²) in [5, 5.41) is 0. The van der Waals surface area contributed by atoms with E-state index in [1.165, 1.54) is 10.8 Å². The molecule has 0 amide bonds. The first-order valence-corrected chi connectivity index (χ1v) is 14.5. The number of benzene rings is 3. The lowest BCUT2D eigenvalue weighted by Crippen LogP contribution is -2.39. The molecule has 4 aromatic rings. The van der Waals surface area contributed by atoms with Crippen molar-refractivity contribution in [1.82, 2.24) is 9.55 Å². The Kier molecular flexibility index (Phi) is 9.96. The molecule has 0 unspecified atom stereocenters. The van der Waals surface area contributed by atoms with Crippen LogP contribution in [0.1, 0.15) is 34.9 Å². The molecule has 1 aliphatic rings. The van der Waals surface area contributed by atoms with Crippen LogP contribution in [-0.4, -0.2) is 62.9 Å². The Hall–Kier alpha value is -4.22. The largest absolute Gasteiger partial charge is 0.497 e. The van der Waals surface area contributed by atoms with Crippen LogP contribution in [0.2, 0.25) is 0 Å². The zero-order valence-electron chi connectivity index (χ0n) is 25.4. The van der Waals surface area contributed by atoms with Crippen molar-refractivity contribution < 1.29 is 28.4 Å². The predicted octanol–water partition coefficient (Wildman–Crippen LogP) is 4.19. The summed E-state index contributed by atoms with van der Waals surface area (Å²) in [4.78, 5) is 27.1. The number of rotatable bonds is 13. The topological polar surface area (TPSA) is 110 Å². The maximum Gasteiger partial charge on any atom is 0.330 e. The first-order valence-electron chi connectivity index (χ1n) is 14.5. The maximum absolute atomic E-state index is 12.7. The minimum Gasteiger partial charge on any atom is -0.497 e. The van der Waals surface area contributed by atoms with Crippen LogP contribution in [0.15, 0.2) is 94.6 Å². The number of hydrogen-bond acceptors (Lipinski definition) is 8. The van der Waals surface area contributed by atoms with Crippen LogP contribution in [-0.2, 0) is 24.5 Å². The van der Waals surface area contributed by atoms with Gasteiger partial charge in [0, 0.05) is 25.3 Å². The fourth-order valence-corrected chi connectivity index (χ4v) is 5.56. The second kappa shape index (κ2) is 14.0. The second-order valence-electron chi connectivity index (χ2n) is 10.6. The normalized spacial score (nSPS) is 18.3. The van der Waals surface area contributed by atoms with Crippen LogP contribution in [0, 0.1) is 6.92 Å². The molecular weight excluding hydrogens is 564 g/mol. The Morgan fingerprint density at radius 2 is 1.43 bits per heavy atom. The highest BCUT2D eigenvalue weighted by atomic mass is 16.6. The van der Waals surface area contributed by atoms with Crippen LogP contribution in [0.5, 0.6) is 11.5 Å². The fraction of sp³-hybridized carbons (Fsp3) is 0.353. The minimum absolute atomic E-state index is 0.123. The molecule has 0 spiro atoms. The molecule has 0 radical (unpaired) electrons. The predicted molar refractivity (Wildman–Crippen MR) is 164 cm³/mol. The highest BCUT2D eigenvalue weighted by Gasteiger charge is 2.43. The smallest absolute Gasteiger partial charge is 0.330 e. The molecule has 1 saturated heterocycles. The summed E-state index contributed by atoms with van der Waals surface area (Å²) < 4.78 is 37.2. The maximum atomic E-state index is 12.7. The Morgan fingerprint density at radius 3 is 2.00 bits per heavy atom. The lowest BCUT2D eigenvalue weighted by atomic mass is 9.80. The zero-order valence-corrected chi connectivity index (χ0v) is 25.4. The summed E-state index contributed by atoms with van der Waals surface area (Å²) >= 11 is 0. The molecule has 44 heavy (non-hydrogen) atoms. The summed E-state index contributed by atoms with van der Waals surface area (Å²) in [5.41, 5.74) is 1.06. The van der Waals surface area contributed by atoms with Crippen LogP contribution in [0.25, 0.3) is 0 Å². The van der Waals surface area contributed by atoms with Gasteiger partial charge in [0.15, 0.2) is 0 Å². The summed E-state index contributed by atoms with van der Waals surface area (Å²) in [6.45, 7) is 2.51. The van der Waals surface area contributed by atoms with Gasteiger partial charge >= 0.3 is 5.69 Å². The van der Waals surface area contributed by atoms with E-state index in [1.807, 2.05) is 78.9 Å². The third-order valence-corrected chi connectivity index (χ3v) is 7.89. The second-order valence-corrected chi connectivity index (χ2v) is 10.6. The number of aromatic nitrogens is 2. The molecule has 1 aliphatic heterocycles. The van der Waals surface area contributed by atoms with E-state index >= 15 is 0 Å². The average Bonchev–Trinajstić information content (AvgIpc) is 3.46. The van der Waals surface area contributed by atoms with Crippen molar-refractivity contribution in [2.45, 2.75) is 37.4 Å². The van der Waals surface area contributed by atoms with Crippen LogP contribution >= 0.6 is 0 Å². The zero-order chi connectivity index (χ0) is 31.1. The third-order valence-electron chi connectivity index (χ3n) is 7.89. The lowest BCUT2D eigenvalue weighted by Gasteiger charge is -2.37. The highest BCUT2D eigenvalue weighted by molar-refractivity contribution is 5.49. The van der Waals surface area contributed by atoms with Crippen LogP contribution in [0.4, 0.5) is 0 Å². The SMILES string of the molecule is COCCO[C@H]1C[C@H](n2cc(C)c(=O)[nH]c2=O)O[C@@H]1COC(c1ccccc1)(c1ccc(OC)cc1)c1ccc(OC)cc1. The van der Waals surface area contributed by atoms with Crippen molar-refractivity contribution in [1.29, 1.82) is 0 Å². The van der Waals surface area contributed by atoms with Gasteiger partial charge in [-0.1, -0.05) is 54.6 Å². The Bertz CT molecular complexity index is 1570. The quantitative estimate of drug-likeness (QED) is 0.179. The minimum atomic E-state index is -1.05. The lowest BCUT2D eigenvalue weighted by molar-refractivity contribution is -0.107. The van der Waals surface area contributed by atoms with Crippen LogP contribution in [0.3, 0.4) is 0 Å². The van der Waals surface area contributed by atoms with E-state index in [4.69, 9.17) is 28.4 Å². The fourth-order valence-electron chi connectivity index (χ4n) is 5.56. The molecule has 10 nitrogen and oxygen atoms in total. The molecule has 0 saturated carbocycles. The Labute approximate surface area is 256 Å². The molecule has 232 valence electrons. The van der Waals surface area contributed by atoms with E-state index in [0.717, 1.165) is 28.2 Å². The number of nitrogens with one attached hydrogen (secondary N) is 1. The first kappa shape index (κ1) is 31.2. The van der Waals surface area contributed by atoms with Crippen molar-refractivity contribution in [3.8, 4) is 11.5 Å². The van der Waals surface area contributed by atoms with Crippen molar-refractivity contribution in [2.75, 3.05) is 41.2 Å². The van der Waals surface area contributed by atoms with E-state index in [9.17, 15) is 9.59 Å². The highest BCUT2D eigenvalue weighted by Crippen LogP contribution is 2.43. The van der Waals surface area contributed by atoms with Gasteiger partial charge in [-0.05, 0) is 47.9 Å². The van der Waals surface area contributed by atoms with Gasteiger partial charge in [-0.3, -0.25) is 14.3 Å². The van der Waals surface area contributed by atoms with E-state index in [1.54, 1.807) is 28.3 Å². The van der Waals surface area contributed by atoms with Crippen molar-refractivity contribution in [3.63, 3.8) is 0 Å². The van der Waals surface area contributed by atoms with E-state index < -0.39 is 35.3 Å². The van der Waals surface area contributed by atoms with Gasteiger partial charge in [0.2, 0.25) is 0 Å². The monoisotopic (exact) mass is 602 g/mol. The molecule has 1 aromatic heterocycles. The number of nitrogens with zero attached hydrogens (tertiary/aromatic N) is 1. The number of hydrogen-bond donors (Lipinski definition) is 1. The van der Waals surface area contributed by atoms with Crippen LogP contribution < -0.4 is 20.7 Å². The average molecular weight is 603 g/mol. The van der Waals surface area contributed by atoms with Gasteiger partial charge in [-0.15, -0.1) is 0 Å². The van der Waals surface area contributed by atoms with Gasteiger partial charge in [0.05, 0.1) is 40.1 Å². The van der Waals surface area contributed by atoms with Gasteiger partial charge in [0.1, 0.15) is 29.4 Å². The first-order chi connectivity index (χ1) is 21.4. The summed E-state index contributed by atoms with van der Waals surface area (Å²) in [7, 11) is 4.87. The molecule has 0 bridgehead atoms. The van der Waals surface area contributed by atoms with Crippen molar-refractivity contribution in [3.05, 3.63) is 128 Å². The standard InChI is InChI=1S/C34H38N2O8/c1-23-21-36(33(38)35-32(23)37)31-20-29(42-19-18-39-2)30(44-31)22-43-34(24-8-6-5-7-9-24,25-10-14-27(40-3)15-11-25)26-12-16-28(41-4)17-13-26/h5-17,21,29-31H,18-20,22H2,1-4H3,(H,35,37,38)/t29-,30+,31+/m0/s1. The van der Waals surface area contributed by atoms with Gasteiger partial charge in [-0.25, -0.2) is 4.79 Å². The number of aryl methyl sites for hydroxylation is 1. The molecule has 10 heteroatoms. The number of ether oxygens (including phenoxy) is 6. The van der Waals surface area contributed by atoms with Gasteiger partial charge < -0.3 is 28.4 Å². The Morgan fingerprint density at radius 1 is 0.841 bits per heavy atom. The molecule has 3 aromatic carbocycles. The number of H-pyrrole nitrogens is 1. The van der Waals surface area contributed by atoms with Gasteiger partial charge in [0.25, 0.3) is 5.56 Å². The molecule has 3 atom stereocenters. The van der Waals surface area contributed by atoms with E-state index in [2.05, 4.69) is 4.98 Å². The summed E-state index contributed by atoms with van der Waals surface area (Å²) in [6.07, 6.45) is 0.286.